The summed E-state index contributed by atoms with van der Waals surface area (Å²) in [5, 5.41) is 13.4. The van der Waals surface area contributed by atoms with Gasteiger partial charge in [-0.05, 0) is 37.0 Å². The first-order chi connectivity index (χ1) is 18.5. The number of hydrogen-bond acceptors (Lipinski definition) is 3. The summed E-state index contributed by atoms with van der Waals surface area (Å²) < 4.78 is 84.8. The van der Waals surface area contributed by atoms with Crippen LogP contribution in [0.25, 0.3) is 22.2 Å². The molecule has 1 fully saturated rings. The maximum absolute atomic E-state index is 14.5. The van der Waals surface area contributed by atoms with E-state index in [1.54, 1.807) is 24.3 Å². The number of piperidine rings is 1. The minimum Gasteiger partial charge on any atom is -0.481 e. The SMILES string of the molecule is O=C(O)C[C@@H]1CCCN(c2ccc(-c3c4cccc(C(F)(F)F)c4nn3Cc3c(F)cc(F)cc3F)cc2)C1. The molecule has 0 saturated carbocycles. The molecular formula is C28H23F6N3O2. The fourth-order valence-corrected chi connectivity index (χ4v) is 5.22. The molecule has 0 spiro atoms. The highest BCUT2D eigenvalue weighted by Gasteiger charge is 2.35. The second kappa shape index (κ2) is 10.3. The lowest BCUT2D eigenvalue weighted by Gasteiger charge is -2.34. The van der Waals surface area contributed by atoms with E-state index >= 15 is 0 Å². The van der Waals surface area contributed by atoms with Crippen LogP contribution in [0.3, 0.4) is 0 Å². The minimum absolute atomic E-state index is 0.00240. The Kier molecular flexibility index (Phi) is 7.00. The van der Waals surface area contributed by atoms with Gasteiger partial charge in [-0.2, -0.15) is 18.3 Å². The predicted molar refractivity (Wildman–Crippen MR) is 133 cm³/mol. The molecule has 39 heavy (non-hydrogen) atoms. The van der Waals surface area contributed by atoms with Crippen LogP contribution in [0.4, 0.5) is 32.0 Å². The Morgan fingerprint density at radius 1 is 1.03 bits per heavy atom. The van der Waals surface area contributed by atoms with Crippen LogP contribution in [0.2, 0.25) is 0 Å². The van der Waals surface area contributed by atoms with Crippen LogP contribution in [0.5, 0.6) is 0 Å². The van der Waals surface area contributed by atoms with Crippen molar-refractivity contribution in [2.45, 2.75) is 32.0 Å². The van der Waals surface area contributed by atoms with Crippen molar-refractivity contribution in [2.24, 2.45) is 5.92 Å². The van der Waals surface area contributed by atoms with Crippen LogP contribution < -0.4 is 4.90 Å². The van der Waals surface area contributed by atoms with Gasteiger partial charge in [0.15, 0.2) is 0 Å². The number of fused-ring (bicyclic) bond motifs is 1. The number of carboxylic acids is 1. The molecule has 1 aromatic heterocycles. The highest BCUT2D eigenvalue weighted by molar-refractivity contribution is 5.95. The van der Waals surface area contributed by atoms with Gasteiger partial charge in [0, 0.05) is 53.8 Å². The normalized spacial score (nSPS) is 16.2. The van der Waals surface area contributed by atoms with Crippen LogP contribution in [-0.2, 0) is 17.5 Å². The van der Waals surface area contributed by atoms with E-state index in [1.165, 1.54) is 12.1 Å². The number of aromatic nitrogens is 2. The predicted octanol–water partition coefficient (Wildman–Crippen LogP) is 6.88. The van der Waals surface area contributed by atoms with Crippen molar-refractivity contribution in [2.75, 3.05) is 18.0 Å². The molecule has 204 valence electrons. The quantitative estimate of drug-likeness (QED) is 0.268. The summed E-state index contributed by atoms with van der Waals surface area (Å²) in [6.07, 6.45) is -3.01. The first kappa shape index (κ1) is 26.6. The minimum atomic E-state index is -4.72. The van der Waals surface area contributed by atoms with Gasteiger partial charge in [0.2, 0.25) is 0 Å². The molecule has 0 bridgehead atoms. The number of carboxylic acid groups (broad SMARTS) is 1. The molecule has 1 aliphatic heterocycles. The molecule has 3 aromatic carbocycles. The molecule has 1 saturated heterocycles. The van der Waals surface area contributed by atoms with Gasteiger partial charge in [-0.15, -0.1) is 0 Å². The van der Waals surface area contributed by atoms with Crippen molar-refractivity contribution in [1.29, 1.82) is 0 Å². The third-order valence-electron chi connectivity index (χ3n) is 6.98. The molecular weight excluding hydrogens is 524 g/mol. The molecule has 1 N–H and O–H groups in total. The third-order valence-corrected chi connectivity index (χ3v) is 6.98. The van der Waals surface area contributed by atoms with Gasteiger partial charge >= 0.3 is 12.1 Å². The number of alkyl halides is 3. The average molecular weight is 547 g/mol. The molecule has 0 amide bonds. The molecule has 5 rings (SSSR count). The van der Waals surface area contributed by atoms with E-state index in [-0.39, 0.29) is 28.9 Å². The standard InChI is InChI=1S/C28H23F6N3O2/c29-18-12-23(30)21(24(31)13-18)15-37-27(20-4-1-5-22(26(20)35-37)28(32,33)34)17-6-8-19(9-7-17)36-10-2-3-16(14-36)11-25(38)39/h1,4-9,12-13,16H,2-3,10-11,14-15H2,(H,38,39)/t16-/m0/s1. The smallest absolute Gasteiger partial charge is 0.418 e. The second-order valence-corrected chi connectivity index (χ2v) is 9.65. The Labute approximate surface area is 219 Å². The van der Waals surface area contributed by atoms with Crippen LogP contribution in [-0.4, -0.2) is 33.9 Å². The van der Waals surface area contributed by atoms with E-state index in [4.69, 9.17) is 5.11 Å². The van der Waals surface area contributed by atoms with E-state index in [1.807, 2.05) is 0 Å². The highest BCUT2D eigenvalue weighted by Crippen LogP contribution is 2.39. The number of benzene rings is 3. The topological polar surface area (TPSA) is 58.4 Å². The van der Waals surface area contributed by atoms with E-state index in [2.05, 4.69) is 10.00 Å². The number of nitrogens with zero attached hydrogens (tertiary/aromatic N) is 3. The molecule has 0 aliphatic carbocycles. The Morgan fingerprint density at radius 3 is 2.36 bits per heavy atom. The molecule has 0 unspecified atom stereocenters. The van der Waals surface area contributed by atoms with Crippen LogP contribution in [0.15, 0.2) is 54.6 Å². The van der Waals surface area contributed by atoms with E-state index in [0.717, 1.165) is 35.8 Å². The van der Waals surface area contributed by atoms with Gasteiger partial charge < -0.3 is 10.0 Å². The number of halogens is 6. The van der Waals surface area contributed by atoms with E-state index in [0.29, 0.717) is 24.2 Å². The Balaban J connectivity index is 1.57. The number of carbonyl (C=O) groups is 1. The second-order valence-electron chi connectivity index (χ2n) is 9.65. The zero-order valence-electron chi connectivity index (χ0n) is 20.5. The molecule has 5 nitrogen and oxygen atoms in total. The van der Waals surface area contributed by atoms with Gasteiger partial charge in [0.25, 0.3) is 0 Å². The molecule has 11 heteroatoms. The van der Waals surface area contributed by atoms with Crippen molar-refractivity contribution < 1.29 is 36.2 Å². The summed E-state index contributed by atoms with van der Waals surface area (Å²) in [5.41, 5.74) is -0.408. The molecule has 1 aliphatic rings. The molecule has 1 atom stereocenters. The largest absolute Gasteiger partial charge is 0.481 e. The van der Waals surface area contributed by atoms with Gasteiger partial charge in [-0.25, -0.2) is 13.2 Å². The summed E-state index contributed by atoms with van der Waals surface area (Å²) in [5.74, 6) is -4.32. The van der Waals surface area contributed by atoms with Crippen LogP contribution in [0, 0.1) is 23.4 Å². The van der Waals surface area contributed by atoms with Gasteiger partial charge in [0.1, 0.15) is 23.0 Å². The van der Waals surface area contributed by atoms with Crippen molar-refractivity contribution in [3.8, 4) is 11.3 Å². The summed E-state index contributed by atoms with van der Waals surface area (Å²) >= 11 is 0. The summed E-state index contributed by atoms with van der Waals surface area (Å²) in [6, 6.07) is 11.5. The van der Waals surface area contributed by atoms with Gasteiger partial charge in [0.05, 0.1) is 17.8 Å². The Hall–Kier alpha value is -4.02. The lowest BCUT2D eigenvalue weighted by Crippen LogP contribution is -2.36. The monoisotopic (exact) mass is 547 g/mol. The number of aliphatic carboxylic acids is 1. The summed E-state index contributed by atoms with van der Waals surface area (Å²) in [4.78, 5) is 13.2. The van der Waals surface area contributed by atoms with Gasteiger partial charge in [-0.3, -0.25) is 9.48 Å². The molecule has 0 radical (unpaired) electrons. The molecule has 2 heterocycles. The first-order valence-electron chi connectivity index (χ1n) is 12.3. The van der Waals surface area contributed by atoms with Crippen molar-refractivity contribution >= 4 is 22.6 Å². The Morgan fingerprint density at radius 2 is 1.72 bits per heavy atom. The van der Waals surface area contributed by atoms with Crippen molar-refractivity contribution in [3.63, 3.8) is 0 Å². The Bertz CT molecular complexity index is 1510. The maximum Gasteiger partial charge on any atom is 0.418 e. The summed E-state index contributed by atoms with van der Waals surface area (Å²) in [6.45, 7) is 0.725. The maximum atomic E-state index is 14.5. The van der Waals surface area contributed by atoms with E-state index < -0.39 is 47.3 Å². The zero-order chi connectivity index (χ0) is 27.9. The number of rotatable bonds is 6. The highest BCUT2D eigenvalue weighted by atomic mass is 19.4. The average Bonchev–Trinajstić information content (AvgIpc) is 3.23. The van der Waals surface area contributed by atoms with E-state index in [9.17, 15) is 31.1 Å². The molecule has 4 aromatic rings. The number of hydrogen-bond donors (Lipinski definition) is 1. The fourth-order valence-electron chi connectivity index (χ4n) is 5.22. The van der Waals surface area contributed by atoms with Crippen LogP contribution in [0.1, 0.15) is 30.4 Å². The number of anilines is 1. The van der Waals surface area contributed by atoms with Crippen LogP contribution >= 0.6 is 0 Å². The summed E-state index contributed by atoms with van der Waals surface area (Å²) in [7, 11) is 0. The lowest BCUT2D eigenvalue weighted by molar-refractivity contribution is -0.138. The first-order valence-corrected chi connectivity index (χ1v) is 12.3. The fraction of sp³-hybridized carbons (Fsp3) is 0.286. The van der Waals surface area contributed by atoms with Crippen molar-refractivity contribution in [1.82, 2.24) is 9.78 Å². The van der Waals surface area contributed by atoms with Gasteiger partial charge in [-0.1, -0.05) is 24.3 Å². The zero-order valence-corrected chi connectivity index (χ0v) is 20.5. The third kappa shape index (κ3) is 5.43. The van der Waals surface area contributed by atoms with Crippen molar-refractivity contribution in [3.05, 3.63) is 83.2 Å². The lowest BCUT2D eigenvalue weighted by atomic mass is 9.94.